The van der Waals surface area contributed by atoms with Gasteiger partial charge in [-0.25, -0.2) is 4.79 Å². The van der Waals surface area contributed by atoms with Gasteiger partial charge in [0.2, 0.25) is 0 Å². The molecule has 0 saturated carbocycles. The van der Waals surface area contributed by atoms with Gasteiger partial charge < -0.3 is 19.7 Å². The summed E-state index contributed by atoms with van der Waals surface area (Å²) in [5.74, 6) is 2.04. The molecule has 1 aromatic carbocycles. The van der Waals surface area contributed by atoms with Crippen LogP contribution in [-0.2, 0) is 11.2 Å². The summed E-state index contributed by atoms with van der Waals surface area (Å²) in [4.78, 5) is 14.4. The van der Waals surface area contributed by atoms with Crippen LogP contribution >= 0.6 is 0 Å². The smallest absolute Gasteiger partial charge is 0.317 e. The number of aryl methyl sites for hydroxylation is 1. The van der Waals surface area contributed by atoms with Crippen molar-refractivity contribution in [1.82, 2.24) is 10.2 Å². The van der Waals surface area contributed by atoms with Crippen molar-refractivity contribution < 1.29 is 14.3 Å². The molecule has 5 nitrogen and oxygen atoms in total. The summed E-state index contributed by atoms with van der Waals surface area (Å²) in [6.45, 7) is 2.45. The Balaban J connectivity index is 1.20. The minimum absolute atomic E-state index is 0.0921. The van der Waals surface area contributed by atoms with Crippen LogP contribution in [0.4, 0.5) is 4.79 Å². The predicted octanol–water partition coefficient (Wildman–Crippen LogP) is 2.45. The van der Waals surface area contributed by atoms with Crippen molar-refractivity contribution in [3.05, 3.63) is 29.8 Å². The highest BCUT2D eigenvalue weighted by atomic mass is 16.5. The van der Waals surface area contributed by atoms with E-state index in [2.05, 4.69) is 17.4 Å². The second-order valence-electron chi connectivity index (χ2n) is 7.21. The number of carbonyl (C=O) groups excluding carboxylic acids is 1. The van der Waals surface area contributed by atoms with E-state index in [-0.39, 0.29) is 6.03 Å². The number of nitrogens with one attached hydrogen (secondary N) is 1. The Morgan fingerprint density at radius 3 is 2.75 bits per heavy atom. The van der Waals surface area contributed by atoms with Crippen LogP contribution in [0.1, 0.15) is 24.8 Å². The lowest BCUT2D eigenvalue weighted by Gasteiger charge is -2.19. The minimum Gasteiger partial charge on any atom is -0.497 e. The molecule has 0 radical (unpaired) electrons. The fourth-order valence-corrected chi connectivity index (χ4v) is 4.55. The van der Waals surface area contributed by atoms with Crippen molar-refractivity contribution in [3.63, 3.8) is 0 Å². The number of urea groups is 1. The van der Waals surface area contributed by atoms with Crippen molar-refractivity contribution in [2.45, 2.75) is 37.9 Å². The third-order valence-electron chi connectivity index (χ3n) is 5.79. The first-order chi connectivity index (χ1) is 11.7. The van der Waals surface area contributed by atoms with Crippen molar-refractivity contribution in [2.75, 3.05) is 26.7 Å². The third kappa shape index (κ3) is 2.97. The van der Waals surface area contributed by atoms with Crippen molar-refractivity contribution >= 4 is 6.03 Å². The molecule has 24 heavy (non-hydrogen) atoms. The van der Waals surface area contributed by atoms with Crippen LogP contribution in [-0.4, -0.2) is 49.9 Å². The quantitative estimate of drug-likeness (QED) is 0.844. The second-order valence-corrected chi connectivity index (χ2v) is 7.21. The lowest BCUT2D eigenvalue weighted by molar-refractivity contribution is 0.0739. The Bertz CT molecular complexity index is 588. The Morgan fingerprint density at radius 2 is 2.04 bits per heavy atom. The van der Waals surface area contributed by atoms with Gasteiger partial charge in [0, 0.05) is 31.5 Å². The topological polar surface area (TPSA) is 50.8 Å². The zero-order valence-corrected chi connectivity index (χ0v) is 14.2. The maximum atomic E-state index is 12.4. The van der Waals surface area contributed by atoms with Crippen LogP contribution in [0, 0.1) is 11.8 Å². The van der Waals surface area contributed by atoms with Crippen LogP contribution < -0.4 is 10.1 Å². The van der Waals surface area contributed by atoms with Gasteiger partial charge in [0.15, 0.2) is 0 Å². The highest BCUT2D eigenvalue weighted by molar-refractivity contribution is 5.74. The SMILES string of the molecule is COc1cccc(CCCNC(=O)N2C[C@@H]3[C@@H](C2)[C@H]2CC[C@H]3O2)c1. The second kappa shape index (κ2) is 6.63. The Labute approximate surface area is 143 Å². The van der Waals surface area contributed by atoms with Crippen molar-refractivity contribution in [3.8, 4) is 5.75 Å². The predicted molar refractivity (Wildman–Crippen MR) is 91.2 cm³/mol. The number of nitrogens with zero attached hydrogens (tertiary/aromatic N) is 1. The molecule has 4 atom stereocenters. The number of likely N-dealkylation sites (tertiary alicyclic amines) is 1. The van der Waals surface area contributed by atoms with Gasteiger partial charge in [-0.15, -0.1) is 0 Å². The lowest BCUT2D eigenvalue weighted by Crippen LogP contribution is -2.40. The van der Waals surface area contributed by atoms with E-state index in [4.69, 9.17) is 9.47 Å². The molecule has 1 N–H and O–H groups in total. The lowest BCUT2D eigenvalue weighted by atomic mass is 9.82. The number of hydrogen-bond donors (Lipinski definition) is 1. The van der Waals surface area contributed by atoms with Crippen LogP contribution in [0.5, 0.6) is 5.75 Å². The highest BCUT2D eigenvalue weighted by Crippen LogP contribution is 2.47. The minimum atomic E-state index is 0.0921. The van der Waals surface area contributed by atoms with Gasteiger partial charge in [-0.2, -0.15) is 0 Å². The maximum absolute atomic E-state index is 12.4. The van der Waals surface area contributed by atoms with Gasteiger partial charge >= 0.3 is 6.03 Å². The molecule has 0 spiro atoms. The van der Waals surface area contributed by atoms with Gasteiger partial charge in [0.1, 0.15) is 5.75 Å². The number of rotatable bonds is 5. The summed E-state index contributed by atoms with van der Waals surface area (Å²) in [5.41, 5.74) is 1.24. The molecule has 0 unspecified atom stereocenters. The molecule has 2 bridgehead atoms. The molecule has 0 aromatic heterocycles. The van der Waals surface area contributed by atoms with Crippen LogP contribution in [0.3, 0.4) is 0 Å². The van der Waals surface area contributed by atoms with E-state index in [9.17, 15) is 4.79 Å². The zero-order valence-electron chi connectivity index (χ0n) is 14.2. The fourth-order valence-electron chi connectivity index (χ4n) is 4.55. The Hall–Kier alpha value is -1.75. The van der Waals surface area contributed by atoms with Gasteiger partial charge in [-0.3, -0.25) is 0 Å². The van der Waals surface area contributed by atoms with Gasteiger partial charge in [0.05, 0.1) is 19.3 Å². The van der Waals surface area contributed by atoms with Crippen LogP contribution in [0.2, 0.25) is 0 Å². The van der Waals surface area contributed by atoms with Crippen molar-refractivity contribution in [1.29, 1.82) is 0 Å². The molecule has 5 heteroatoms. The molecule has 3 aliphatic rings. The first-order valence-corrected chi connectivity index (χ1v) is 9.06. The number of methoxy groups -OCH3 is 1. The first-order valence-electron chi connectivity index (χ1n) is 9.06. The molecule has 0 aliphatic carbocycles. The molecule has 3 saturated heterocycles. The number of amides is 2. The highest BCUT2D eigenvalue weighted by Gasteiger charge is 2.53. The number of ether oxygens (including phenoxy) is 2. The summed E-state index contributed by atoms with van der Waals surface area (Å²) in [5, 5.41) is 3.08. The molecule has 3 fully saturated rings. The summed E-state index contributed by atoms with van der Waals surface area (Å²) in [7, 11) is 1.68. The van der Waals surface area contributed by atoms with Crippen LogP contribution in [0.25, 0.3) is 0 Å². The molecule has 2 amide bonds. The molecule has 1 aromatic rings. The number of hydrogen-bond acceptors (Lipinski definition) is 3. The number of fused-ring (bicyclic) bond motifs is 5. The van der Waals surface area contributed by atoms with E-state index in [0.717, 1.165) is 31.7 Å². The number of carbonyl (C=O) groups is 1. The van der Waals surface area contributed by atoms with Gasteiger partial charge in [-0.05, 0) is 43.4 Å². The van der Waals surface area contributed by atoms with E-state index < -0.39 is 0 Å². The Kier molecular flexibility index (Phi) is 4.35. The van der Waals surface area contributed by atoms with Crippen LogP contribution in [0.15, 0.2) is 24.3 Å². The largest absolute Gasteiger partial charge is 0.497 e. The maximum Gasteiger partial charge on any atom is 0.317 e. The fraction of sp³-hybridized carbons (Fsp3) is 0.632. The summed E-state index contributed by atoms with van der Waals surface area (Å²) in [6, 6.07) is 8.20. The summed E-state index contributed by atoms with van der Waals surface area (Å²) < 4.78 is 11.2. The van der Waals surface area contributed by atoms with E-state index in [1.807, 2.05) is 17.0 Å². The first kappa shape index (κ1) is 15.8. The van der Waals surface area contributed by atoms with Gasteiger partial charge in [-0.1, -0.05) is 12.1 Å². The van der Waals surface area contributed by atoms with E-state index in [1.165, 1.54) is 18.4 Å². The van der Waals surface area contributed by atoms with Gasteiger partial charge in [0.25, 0.3) is 0 Å². The monoisotopic (exact) mass is 330 g/mol. The Morgan fingerprint density at radius 1 is 1.29 bits per heavy atom. The molecule has 130 valence electrons. The molecular formula is C19H26N2O3. The van der Waals surface area contributed by atoms with E-state index in [0.29, 0.717) is 30.6 Å². The summed E-state index contributed by atoms with van der Waals surface area (Å²) >= 11 is 0. The van der Waals surface area contributed by atoms with E-state index >= 15 is 0 Å². The average molecular weight is 330 g/mol. The zero-order chi connectivity index (χ0) is 16.5. The molecular weight excluding hydrogens is 304 g/mol. The van der Waals surface area contributed by atoms with E-state index in [1.54, 1.807) is 7.11 Å². The third-order valence-corrected chi connectivity index (χ3v) is 5.79. The molecule has 3 heterocycles. The summed E-state index contributed by atoms with van der Waals surface area (Å²) in [6.07, 6.45) is 5.06. The number of benzene rings is 1. The standard InChI is InChI=1S/C19H26N2O3/c1-23-14-6-2-4-13(10-14)5-3-9-20-19(22)21-11-15-16(12-21)18-8-7-17(15)24-18/h2,4,6,10,15-18H,3,5,7-9,11-12H2,1H3,(H,20,22)/t15-,16-,17-,18-/m1/s1. The molecule has 4 rings (SSSR count). The van der Waals surface area contributed by atoms with Crippen molar-refractivity contribution in [2.24, 2.45) is 11.8 Å². The normalized spacial score (nSPS) is 30.5. The average Bonchev–Trinajstić information content (AvgIpc) is 3.31. The molecule has 3 aliphatic heterocycles.